The van der Waals surface area contributed by atoms with Crippen LogP contribution >= 0.6 is 0 Å². The van der Waals surface area contributed by atoms with Gasteiger partial charge in [0, 0.05) is 25.7 Å². The van der Waals surface area contributed by atoms with E-state index < -0.39 is 0 Å². The van der Waals surface area contributed by atoms with E-state index in [0.717, 1.165) is 38.8 Å². The third kappa shape index (κ3) is 3.22. The minimum absolute atomic E-state index is 0.136. The standard InChI is InChI=1S/C17H28N2O/c1-14-6-4-5-7-15(14)12-19(2)17(13-18)10-8-16(20-3)9-11-17/h4-7,16H,8-13,18H2,1-3H3. The van der Waals surface area contributed by atoms with E-state index in [9.17, 15) is 0 Å². The largest absolute Gasteiger partial charge is 0.381 e. The number of nitrogens with two attached hydrogens (primary N) is 1. The van der Waals surface area contributed by atoms with Crippen molar-refractivity contribution in [2.24, 2.45) is 5.73 Å². The first-order valence-corrected chi connectivity index (χ1v) is 7.60. The molecule has 0 radical (unpaired) electrons. The van der Waals surface area contributed by atoms with E-state index in [1.165, 1.54) is 11.1 Å². The molecule has 0 atom stereocenters. The van der Waals surface area contributed by atoms with Crippen molar-refractivity contribution in [3.8, 4) is 0 Å². The summed E-state index contributed by atoms with van der Waals surface area (Å²) in [6, 6.07) is 8.62. The molecule has 112 valence electrons. The maximum absolute atomic E-state index is 6.14. The van der Waals surface area contributed by atoms with Gasteiger partial charge in [0.15, 0.2) is 0 Å². The molecule has 1 aromatic carbocycles. The molecular formula is C17H28N2O. The van der Waals surface area contributed by atoms with Crippen molar-refractivity contribution in [2.45, 2.75) is 50.8 Å². The van der Waals surface area contributed by atoms with Gasteiger partial charge in [0.1, 0.15) is 0 Å². The van der Waals surface area contributed by atoms with Crippen molar-refractivity contribution >= 4 is 0 Å². The van der Waals surface area contributed by atoms with Crippen molar-refractivity contribution in [3.05, 3.63) is 35.4 Å². The smallest absolute Gasteiger partial charge is 0.0572 e. The van der Waals surface area contributed by atoms with Crippen molar-refractivity contribution in [3.63, 3.8) is 0 Å². The summed E-state index contributed by atoms with van der Waals surface area (Å²) >= 11 is 0. The molecule has 1 saturated carbocycles. The van der Waals surface area contributed by atoms with Gasteiger partial charge in [-0.05, 0) is 50.8 Å². The van der Waals surface area contributed by atoms with Gasteiger partial charge in [0.05, 0.1) is 6.10 Å². The molecule has 0 amide bonds. The number of hydrogen-bond acceptors (Lipinski definition) is 3. The van der Waals surface area contributed by atoms with Crippen LogP contribution in [0.4, 0.5) is 0 Å². The van der Waals surface area contributed by atoms with Crippen LogP contribution in [0.1, 0.15) is 36.8 Å². The van der Waals surface area contributed by atoms with Crippen LogP contribution < -0.4 is 5.73 Å². The summed E-state index contributed by atoms with van der Waals surface area (Å²) in [5.74, 6) is 0. The lowest BCUT2D eigenvalue weighted by molar-refractivity contribution is 0.000446. The van der Waals surface area contributed by atoms with Gasteiger partial charge < -0.3 is 10.5 Å². The van der Waals surface area contributed by atoms with Crippen molar-refractivity contribution in [2.75, 3.05) is 20.7 Å². The van der Waals surface area contributed by atoms with Crippen molar-refractivity contribution in [1.82, 2.24) is 4.90 Å². The molecule has 1 aliphatic carbocycles. The summed E-state index contributed by atoms with van der Waals surface area (Å²) in [5.41, 5.74) is 9.03. The zero-order chi connectivity index (χ0) is 14.6. The maximum atomic E-state index is 6.14. The molecule has 0 aromatic heterocycles. The normalized spacial score (nSPS) is 26.9. The monoisotopic (exact) mass is 276 g/mol. The fourth-order valence-electron chi connectivity index (χ4n) is 3.32. The summed E-state index contributed by atoms with van der Waals surface area (Å²) in [6.07, 6.45) is 4.91. The lowest BCUT2D eigenvalue weighted by Gasteiger charge is -2.46. The number of rotatable bonds is 5. The molecule has 1 fully saturated rings. The number of hydrogen-bond donors (Lipinski definition) is 1. The Hall–Kier alpha value is -0.900. The SMILES string of the molecule is COC1CCC(CN)(N(C)Cc2ccccc2C)CC1. The minimum atomic E-state index is 0.136. The van der Waals surface area contributed by atoms with Crippen LogP contribution in [0.15, 0.2) is 24.3 Å². The molecular weight excluding hydrogens is 248 g/mol. The molecule has 0 saturated heterocycles. The number of nitrogens with zero attached hydrogens (tertiary/aromatic N) is 1. The Morgan fingerprint density at radius 2 is 1.95 bits per heavy atom. The van der Waals surface area contributed by atoms with Crippen LogP contribution in [0, 0.1) is 6.92 Å². The van der Waals surface area contributed by atoms with Crippen molar-refractivity contribution < 1.29 is 4.74 Å². The molecule has 2 rings (SSSR count). The maximum Gasteiger partial charge on any atom is 0.0572 e. The second-order valence-corrected chi connectivity index (χ2v) is 6.15. The number of benzene rings is 1. The van der Waals surface area contributed by atoms with Crippen molar-refractivity contribution in [1.29, 1.82) is 0 Å². The van der Waals surface area contributed by atoms with Gasteiger partial charge in [-0.1, -0.05) is 24.3 Å². The first-order chi connectivity index (χ1) is 9.61. The zero-order valence-electron chi connectivity index (χ0n) is 13.1. The van der Waals surface area contributed by atoms with E-state index in [-0.39, 0.29) is 5.54 Å². The van der Waals surface area contributed by atoms with E-state index >= 15 is 0 Å². The van der Waals surface area contributed by atoms with Gasteiger partial charge in [-0.25, -0.2) is 0 Å². The summed E-state index contributed by atoms with van der Waals surface area (Å²) in [7, 11) is 4.03. The highest BCUT2D eigenvalue weighted by atomic mass is 16.5. The summed E-state index contributed by atoms with van der Waals surface area (Å²) in [5, 5.41) is 0. The van der Waals surface area contributed by atoms with E-state index in [4.69, 9.17) is 10.5 Å². The van der Waals surface area contributed by atoms with E-state index in [1.54, 1.807) is 0 Å². The Balaban J connectivity index is 2.06. The zero-order valence-corrected chi connectivity index (χ0v) is 13.1. The number of ether oxygens (including phenoxy) is 1. The first kappa shape index (κ1) is 15.5. The Morgan fingerprint density at radius 3 is 2.50 bits per heavy atom. The van der Waals surface area contributed by atoms with Gasteiger partial charge in [-0.3, -0.25) is 4.90 Å². The van der Waals surface area contributed by atoms with Crippen LogP contribution in [-0.4, -0.2) is 37.2 Å². The predicted molar refractivity (Wildman–Crippen MR) is 83.7 cm³/mol. The Labute approximate surface area is 123 Å². The third-order valence-electron chi connectivity index (χ3n) is 5.06. The summed E-state index contributed by atoms with van der Waals surface area (Å²) in [4.78, 5) is 2.46. The van der Waals surface area contributed by atoms with Gasteiger partial charge in [0.25, 0.3) is 0 Å². The lowest BCUT2D eigenvalue weighted by atomic mass is 9.79. The molecule has 0 spiro atoms. The highest BCUT2D eigenvalue weighted by Crippen LogP contribution is 2.34. The second kappa shape index (κ2) is 6.70. The van der Waals surface area contributed by atoms with Crippen LogP contribution in [0.5, 0.6) is 0 Å². The quantitative estimate of drug-likeness (QED) is 0.898. The number of methoxy groups -OCH3 is 1. The molecule has 0 aliphatic heterocycles. The topological polar surface area (TPSA) is 38.5 Å². The molecule has 1 aromatic rings. The highest BCUT2D eigenvalue weighted by Gasteiger charge is 2.37. The van der Waals surface area contributed by atoms with Crippen LogP contribution in [0.3, 0.4) is 0 Å². The predicted octanol–water partition coefficient (Wildman–Crippen LogP) is 2.71. The van der Waals surface area contributed by atoms with Gasteiger partial charge in [-0.2, -0.15) is 0 Å². The van der Waals surface area contributed by atoms with E-state index in [0.29, 0.717) is 6.10 Å². The van der Waals surface area contributed by atoms with Gasteiger partial charge in [-0.15, -0.1) is 0 Å². The molecule has 3 nitrogen and oxygen atoms in total. The van der Waals surface area contributed by atoms with Crippen LogP contribution in [0.2, 0.25) is 0 Å². The minimum Gasteiger partial charge on any atom is -0.381 e. The lowest BCUT2D eigenvalue weighted by Crippen LogP contribution is -2.54. The van der Waals surface area contributed by atoms with Crippen LogP contribution in [-0.2, 0) is 11.3 Å². The Morgan fingerprint density at radius 1 is 1.30 bits per heavy atom. The fourth-order valence-corrected chi connectivity index (χ4v) is 3.32. The average Bonchev–Trinajstić information content (AvgIpc) is 2.49. The van der Waals surface area contributed by atoms with Gasteiger partial charge >= 0.3 is 0 Å². The molecule has 0 heterocycles. The average molecular weight is 276 g/mol. The van der Waals surface area contributed by atoms with E-state index in [1.807, 2.05) is 7.11 Å². The summed E-state index contributed by atoms with van der Waals surface area (Å²) in [6.45, 7) is 3.88. The molecule has 2 N–H and O–H groups in total. The Kier molecular flexibility index (Phi) is 5.19. The molecule has 3 heteroatoms. The first-order valence-electron chi connectivity index (χ1n) is 7.60. The number of aryl methyl sites for hydroxylation is 1. The molecule has 20 heavy (non-hydrogen) atoms. The van der Waals surface area contributed by atoms with Gasteiger partial charge in [0.2, 0.25) is 0 Å². The molecule has 0 unspecified atom stereocenters. The second-order valence-electron chi connectivity index (χ2n) is 6.15. The molecule has 0 bridgehead atoms. The van der Waals surface area contributed by atoms with E-state index in [2.05, 4.69) is 43.1 Å². The molecule has 1 aliphatic rings. The third-order valence-corrected chi connectivity index (χ3v) is 5.06. The Bertz CT molecular complexity index is 425. The van der Waals surface area contributed by atoms with Crippen LogP contribution in [0.25, 0.3) is 0 Å². The summed E-state index contributed by atoms with van der Waals surface area (Å²) < 4.78 is 5.49. The number of likely N-dealkylation sites (N-methyl/N-ethyl adjacent to an activating group) is 1. The highest BCUT2D eigenvalue weighted by molar-refractivity contribution is 5.25. The fraction of sp³-hybridized carbons (Fsp3) is 0.647.